The maximum atomic E-state index is 10.7. The van der Waals surface area contributed by atoms with Crippen LogP contribution in [0.1, 0.15) is 102 Å². The minimum Gasteiger partial charge on any atom is -0.432 e. The van der Waals surface area contributed by atoms with Gasteiger partial charge in [-0.2, -0.15) is 0 Å². The minimum atomic E-state index is -1.94. The Hall–Kier alpha value is 0.771. The smallest absolute Gasteiger partial charge is 0.189 e. The molecule has 0 radical (unpaired) electrons. The standard InChI is InChI=1S/C12H28OSi.3C4H10O.Ti/c1-10(2)7-14(13,8-11(3)4)9-12(5)6;3*1-3-4(2)5;/h10-13H,7-9H2,1-6H3;3*4-5H,3H2,1-2H3;. The number of hydrogen-bond acceptors (Lipinski definition) is 4. The molecule has 0 aromatic rings. The van der Waals surface area contributed by atoms with Crippen molar-refractivity contribution in [3.63, 3.8) is 0 Å². The van der Waals surface area contributed by atoms with E-state index in [2.05, 4.69) is 41.5 Å². The van der Waals surface area contributed by atoms with E-state index in [1.807, 2.05) is 20.8 Å². The largest absolute Gasteiger partial charge is 0.432 e. The van der Waals surface area contributed by atoms with Gasteiger partial charge in [-0.05, 0) is 75.9 Å². The summed E-state index contributed by atoms with van der Waals surface area (Å²) in [7, 11) is -1.94. The maximum Gasteiger partial charge on any atom is 0.189 e. The molecule has 0 aliphatic heterocycles. The Morgan fingerprint density at radius 3 is 0.700 bits per heavy atom. The molecule has 4 nitrogen and oxygen atoms in total. The number of aliphatic hydroxyl groups excluding tert-OH is 3. The number of aliphatic hydroxyl groups is 3. The van der Waals surface area contributed by atoms with Crippen LogP contribution >= 0.6 is 0 Å². The first-order valence-corrected chi connectivity index (χ1v) is 14.4. The normalized spacial score (nSPS) is 13.7. The molecule has 0 saturated heterocycles. The fraction of sp³-hybridized carbons (Fsp3) is 1.00. The maximum absolute atomic E-state index is 10.7. The second-order valence-electron chi connectivity index (χ2n) is 9.79. The van der Waals surface area contributed by atoms with Gasteiger partial charge in [-0.3, -0.25) is 0 Å². The van der Waals surface area contributed by atoms with Crippen LogP contribution in [0.3, 0.4) is 0 Å². The molecule has 0 amide bonds. The predicted octanol–water partition coefficient (Wildman–Crippen LogP) is 6.22. The van der Waals surface area contributed by atoms with Crippen LogP contribution in [-0.4, -0.2) is 46.7 Å². The van der Waals surface area contributed by atoms with Crippen LogP contribution in [0, 0.1) is 17.8 Å². The fourth-order valence-electron chi connectivity index (χ4n) is 2.53. The summed E-state index contributed by atoms with van der Waals surface area (Å²) >= 11 is 0. The van der Waals surface area contributed by atoms with Gasteiger partial charge in [0.2, 0.25) is 0 Å². The van der Waals surface area contributed by atoms with Crippen LogP contribution in [0.2, 0.25) is 18.1 Å². The van der Waals surface area contributed by atoms with Crippen molar-refractivity contribution in [3.8, 4) is 0 Å². The zero-order chi connectivity index (χ0) is 24.2. The Bertz CT molecular complexity index is 264. The van der Waals surface area contributed by atoms with E-state index in [-0.39, 0.29) is 40.0 Å². The molecule has 0 spiro atoms. The van der Waals surface area contributed by atoms with Gasteiger partial charge in [-0.15, -0.1) is 0 Å². The molecule has 0 bridgehead atoms. The van der Waals surface area contributed by atoms with Gasteiger partial charge in [0.25, 0.3) is 0 Å². The molecule has 6 heteroatoms. The van der Waals surface area contributed by atoms with E-state index in [4.69, 9.17) is 15.3 Å². The van der Waals surface area contributed by atoms with Gasteiger partial charge in [-0.25, -0.2) is 0 Å². The summed E-state index contributed by atoms with van der Waals surface area (Å²) in [4.78, 5) is 10.7. The summed E-state index contributed by atoms with van der Waals surface area (Å²) in [5, 5.41) is 25.1. The van der Waals surface area contributed by atoms with E-state index in [1.165, 1.54) is 0 Å². The third kappa shape index (κ3) is 46.8. The Kier molecular flexibility index (Phi) is 35.6. The van der Waals surface area contributed by atoms with E-state index < -0.39 is 8.32 Å². The third-order valence-electron chi connectivity index (χ3n) is 4.14. The molecule has 30 heavy (non-hydrogen) atoms. The first-order valence-electron chi connectivity index (χ1n) is 11.8. The van der Waals surface area contributed by atoms with Gasteiger partial charge in [0.05, 0.1) is 18.3 Å². The fourth-order valence-corrected chi connectivity index (χ4v) is 7.59. The number of hydrogen-bond donors (Lipinski definition) is 4. The van der Waals surface area contributed by atoms with Crippen LogP contribution < -0.4 is 0 Å². The van der Waals surface area contributed by atoms with Gasteiger partial charge >= 0.3 is 0 Å². The van der Waals surface area contributed by atoms with Crippen molar-refractivity contribution in [2.75, 3.05) is 0 Å². The monoisotopic (exact) mass is 486 g/mol. The molecule has 0 aromatic carbocycles. The van der Waals surface area contributed by atoms with Crippen molar-refractivity contribution in [3.05, 3.63) is 0 Å². The van der Waals surface area contributed by atoms with Crippen LogP contribution in [0.15, 0.2) is 0 Å². The Morgan fingerprint density at radius 2 is 0.633 bits per heavy atom. The summed E-state index contributed by atoms with van der Waals surface area (Å²) in [6, 6.07) is 3.22. The molecule has 3 atom stereocenters. The second kappa shape index (κ2) is 26.0. The molecule has 0 fully saturated rings. The van der Waals surface area contributed by atoms with Crippen LogP contribution in [0.25, 0.3) is 0 Å². The minimum absolute atomic E-state index is 0. The first kappa shape index (κ1) is 41.1. The van der Waals surface area contributed by atoms with E-state index in [0.717, 1.165) is 37.4 Å². The molecule has 186 valence electrons. The molecular formula is C24H58O4SiTi. The molecule has 3 unspecified atom stereocenters. The topological polar surface area (TPSA) is 80.9 Å². The Morgan fingerprint density at radius 1 is 0.500 bits per heavy atom. The second-order valence-corrected chi connectivity index (χ2v) is 13.5. The van der Waals surface area contributed by atoms with Crippen LogP contribution in [0.5, 0.6) is 0 Å². The van der Waals surface area contributed by atoms with Crippen molar-refractivity contribution in [2.24, 2.45) is 17.8 Å². The molecule has 0 heterocycles. The zero-order valence-corrected chi connectivity index (χ0v) is 25.1. The summed E-state index contributed by atoms with van der Waals surface area (Å²) in [6.45, 7) is 24.5. The molecule has 0 saturated carbocycles. The van der Waals surface area contributed by atoms with E-state index in [9.17, 15) is 4.80 Å². The Balaban J connectivity index is -0.000000108. The first-order chi connectivity index (χ1) is 13.1. The third-order valence-corrected chi connectivity index (χ3v) is 8.87. The molecule has 0 aliphatic rings. The number of rotatable bonds is 9. The summed E-state index contributed by atoms with van der Waals surface area (Å²) in [5.41, 5.74) is 0. The molecule has 0 rings (SSSR count). The molecule has 0 aromatic heterocycles. The molecular weight excluding hydrogens is 428 g/mol. The van der Waals surface area contributed by atoms with Gasteiger partial charge < -0.3 is 20.1 Å². The van der Waals surface area contributed by atoms with E-state index >= 15 is 0 Å². The zero-order valence-electron chi connectivity index (χ0n) is 22.5. The van der Waals surface area contributed by atoms with Crippen molar-refractivity contribution in [2.45, 2.75) is 139 Å². The van der Waals surface area contributed by atoms with Crippen molar-refractivity contribution in [1.82, 2.24) is 0 Å². The molecule has 0 aliphatic carbocycles. The summed E-state index contributed by atoms with van der Waals surface area (Å²) in [6.07, 6.45) is 2.24. The van der Waals surface area contributed by atoms with Gasteiger partial charge in [0.15, 0.2) is 8.32 Å². The van der Waals surface area contributed by atoms with Crippen molar-refractivity contribution in [1.29, 1.82) is 0 Å². The predicted molar refractivity (Wildman–Crippen MR) is 133 cm³/mol. The average Bonchev–Trinajstić information content (AvgIpc) is 2.53. The van der Waals surface area contributed by atoms with Crippen molar-refractivity contribution < 1.29 is 41.8 Å². The Labute approximate surface area is 206 Å². The van der Waals surface area contributed by atoms with Crippen molar-refractivity contribution >= 4 is 8.32 Å². The van der Waals surface area contributed by atoms with Crippen LogP contribution in [0.4, 0.5) is 0 Å². The quantitative estimate of drug-likeness (QED) is 0.292. The van der Waals surface area contributed by atoms with Gasteiger partial charge in [0, 0.05) is 21.7 Å². The average molecular weight is 487 g/mol. The van der Waals surface area contributed by atoms with Gasteiger partial charge in [-0.1, -0.05) is 62.3 Å². The van der Waals surface area contributed by atoms with E-state index in [1.54, 1.807) is 20.8 Å². The van der Waals surface area contributed by atoms with Crippen LogP contribution in [-0.2, 0) is 21.7 Å². The summed E-state index contributed by atoms with van der Waals surface area (Å²) < 4.78 is 0. The summed E-state index contributed by atoms with van der Waals surface area (Å²) in [5.74, 6) is 1.93. The molecule has 4 N–H and O–H groups in total. The van der Waals surface area contributed by atoms with Gasteiger partial charge in [0.1, 0.15) is 0 Å². The SMILES string of the molecule is CC(C)C[Si](O)(CC(C)C)CC(C)C.CCC(C)O.CCC(C)O.CCC(C)O.[Ti]. The van der Waals surface area contributed by atoms with E-state index in [0.29, 0.717) is 17.8 Å².